The fourth-order valence-electron chi connectivity index (χ4n) is 2.50. The molecule has 0 fully saturated rings. The molecule has 2 aromatic rings. The number of aryl methyl sites for hydroxylation is 1. The lowest BCUT2D eigenvalue weighted by Crippen LogP contribution is -2.29. The zero-order chi connectivity index (χ0) is 17.1. The van der Waals surface area contributed by atoms with E-state index >= 15 is 0 Å². The summed E-state index contributed by atoms with van der Waals surface area (Å²) in [6.07, 6.45) is 0.0335. The lowest BCUT2D eigenvalue weighted by Gasteiger charge is -2.14. The number of benzene rings is 2. The molecule has 6 heteroatoms. The molecule has 0 saturated heterocycles. The monoisotopic (exact) mass is 344 g/mol. The Hall–Kier alpha value is -2.53. The van der Waals surface area contributed by atoms with Gasteiger partial charge in [-0.2, -0.15) is 0 Å². The number of fused-ring (bicyclic) bond motifs is 1. The van der Waals surface area contributed by atoms with Crippen molar-refractivity contribution < 1.29 is 14.3 Å². The first kappa shape index (κ1) is 16.3. The highest BCUT2D eigenvalue weighted by Crippen LogP contribution is 2.28. The number of hydrogen-bond donors (Lipinski definition) is 2. The van der Waals surface area contributed by atoms with Gasteiger partial charge in [-0.1, -0.05) is 29.8 Å². The molecule has 1 aliphatic rings. The number of halogens is 1. The second-order valence-electron chi connectivity index (χ2n) is 5.70. The molecule has 2 amide bonds. The topological polar surface area (TPSA) is 67.4 Å². The van der Waals surface area contributed by atoms with Crippen molar-refractivity contribution >= 4 is 34.8 Å². The summed E-state index contributed by atoms with van der Waals surface area (Å²) in [7, 11) is 0. The summed E-state index contributed by atoms with van der Waals surface area (Å²) in [6, 6.07) is 12.5. The summed E-state index contributed by atoms with van der Waals surface area (Å²) in [5.74, 6) is -0.427. The van der Waals surface area contributed by atoms with Crippen LogP contribution in [0.5, 0.6) is 5.75 Å². The van der Waals surface area contributed by atoms with Crippen molar-refractivity contribution in [2.75, 3.05) is 17.2 Å². The zero-order valence-corrected chi connectivity index (χ0v) is 13.9. The van der Waals surface area contributed by atoms with Crippen LogP contribution in [0.25, 0.3) is 0 Å². The Labute approximate surface area is 145 Å². The molecule has 1 atom stereocenters. The van der Waals surface area contributed by atoms with Gasteiger partial charge in [0.2, 0.25) is 11.8 Å². The largest absolute Gasteiger partial charge is 0.491 e. The molecule has 1 aliphatic heterocycles. The molecule has 2 aromatic carbocycles. The summed E-state index contributed by atoms with van der Waals surface area (Å²) in [4.78, 5) is 24.6. The third kappa shape index (κ3) is 3.68. The molecule has 0 bridgehead atoms. The van der Waals surface area contributed by atoms with E-state index in [4.69, 9.17) is 16.3 Å². The van der Waals surface area contributed by atoms with Crippen LogP contribution in [0, 0.1) is 12.8 Å². The maximum absolute atomic E-state index is 12.3. The lowest BCUT2D eigenvalue weighted by molar-refractivity contribution is -0.125. The van der Waals surface area contributed by atoms with Crippen LogP contribution in [0.2, 0.25) is 5.02 Å². The molecule has 5 nitrogen and oxygen atoms in total. The number of amides is 2. The minimum atomic E-state index is -0.558. The first-order valence-electron chi connectivity index (χ1n) is 7.61. The Morgan fingerprint density at radius 2 is 2.12 bits per heavy atom. The van der Waals surface area contributed by atoms with E-state index in [0.717, 1.165) is 5.56 Å². The second-order valence-corrected chi connectivity index (χ2v) is 6.14. The fourth-order valence-corrected chi connectivity index (χ4v) is 2.67. The van der Waals surface area contributed by atoms with Crippen molar-refractivity contribution in [3.05, 3.63) is 53.1 Å². The molecule has 0 aromatic heterocycles. The molecular formula is C18H17ClN2O3. The van der Waals surface area contributed by atoms with Gasteiger partial charge >= 0.3 is 0 Å². The van der Waals surface area contributed by atoms with E-state index in [1.165, 1.54) is 0 Å². The molecule has 3 rings (SSSR count). The van der Waals surface area contributed by atoms with Gasteiger partial charge in [0, 0.05) is 17.1 Å². The van der Waals surface area contributed by atoms with E-state index in [1.807, 2.05) is 25.1 Å². The van der Waals surface area contributed by atoms with Crippen molar-refractivity contribution in [1.29, 1.82) is 0 Å². The maximum Gasteiger partial charge on any atom is 0.231 e. The molecule has 124 valence electrons. The van der Waals surface area contributed by atoms with Gasteiger partial charge in [-0.25, -0.2) is 0 Å². The summed E-state index contributed by atoms with van der Waals surface area (Å²) in [5, 5.41) is 6.14. The third-order valence-electron chi connectivity index (χ3n) is 3.86. The van der Waals surface area contributed by atoms with Crippen LogP contribution in [0.15, 0.2) is 42.5 Å². The predicted octanol–water partition coefficient (Wildman–Crippen LogP) is 3.62. The Morgan fingerprint density at radius 3 is 2.96 bits per heavy atom. The molecule has 0 spiro atoms. The molecule has 1 unspecified atom stereocenters. The number of ether oxygens (including phenoxy) is 1. The lowest BCUT2D eigenvalue weighted by atomic mass is 10.0. The molecule has 24 heavy (non-hydrogen) atoms. The van der Waals surface area contributed by atoms with Crippen LogP contribution in [0.3, 0.4) is 0 Å². The van der Waals surface area contributed by atoms with Crippen LogP contribution in [-0.4, -0.2) is 18.4 Å². The van der Waals surface area contributed by atoms with E-state index in [0.29, 0.717) is 22.1 Å². The van der Waals surface area contributed by atoms with Crippen LogP contribution in [0.1, 0.15) is 12.0 Å². The number of carbonyl (C=O) groups excluding carboxylic acids is 2. The third-order valence-corrected chi connectivity index (χ3v) is 4.10. The average molecular weight is 345 g/mol. The van der Waals surface area contributed by atoms with Gasteiger partial charge in [-0.3, -0.25) is 9.59 Å². The first-order chi connectivity index (χ1) is 11.5. The number of rotatable bonds is 3. The minimum absolute atomic E-state index is 0.0335. The zero-order valence-electron chi connectivity index (χ0n) is 13.1. The van der Waals surface area contributed by atoms with Gasteiger partial charge in [0.15, 0.2) is 0 Å². The Balaban J connectivity index is 1.66. The summed E-state index contributed by atoms with van der Waals surface area (Å²) in [6.45, 7) is 2.04. The SMILES string of the molecule is Cc1ccc(Cl)cc1NC(=O)CC1COc2ccccc2NC1=O. The molecule has 0 saturated carbocycles. The molecule has 0 aliphatic carbocycles. The molecular weight excluding hydrogens is 328 g/mol. The van der Waals surface area contributed by atoms with Crippen LogP contribution in [0.4, 0.5) is 11.4 Å². The quantitative estimate of drug-likeness (QED) is 0.893. The number of nitrogens with one attached hydrogen (secondary N) is 2. The van der Waals surface area contributed by atoms with E-state index in [9.17, 15) is 9.59 Å². The predicted molar refractivity (Wildman–Crippen MR) is 93.5 cm³/mol. The van der Waals surface area contributed by atoms with E-state index in [1.54, 1.807) is 24.3 Å². The van der Waals surface area contributed by atoms with Crippen molar-refractivity contribution in [2.45, 2.75) is 13.3 Å². The normalized spacial score (nSPS) is 16.4. The van der Waals surface area contributed by atoms with Crippen molar-refractivity contribution in [3.8, 4) is 5.75 Å². The van der Waals surface area contributed by atoms with Gasteiger partial charge in [0.25, 0.3) is 0 Å². The maximum atomic E-state index is 12.3. The summed E-state index contributed by atoms with van der Waals surface area (Å²) >= 11 is 5.95. The number of carbonyl (C=O) groups is 2. The summed E-state index contributed by atoms with van der Waals surface area (Å²) < 4.78 is 5.64. The van der Waals surface area contributed by atoms with E-state index < -0.39 is 5.92 Å². The molecule has 1 heterocycles. The highest BCUT2D eigenvalue weighted by molar-refractivity contribution is 6.31. The van der Waals surface area contributed by atoms with Crippen LogP contribution >= 0.6 is 11.6 Å². The number of hydrogen-bond acceptors (Lipinski definition) is 3. The van der Waals surface area contributed by atoms with Crippen molar-refractivity contribution in [1.82, 2.24) is 0 Å². The fraction of sp³-hybridized carbons (Fsp3) is 0.222. The first-order valence-corrected chi connectivity index (χ1v) is 7.99. The molecule has 0 radical (unpaired) electrons. The highest BCUT2D eigenvalue weighted by atomic mass is 35.5. The minimum Gasteiger partial charge on any atom is -0.491 e. The van der Waals surface area contributed by atoms with Gasteiger partial charge in [0.1, 0.15) is 12.4 Å². The smallest absolute Gasteiger partial charge is 0.231 e. The van der Waals surface area contributed by atoms with Crippen molar-refractivity contribution in [2.24, 2.45) is 5.92 Å². The van der Waals surface area contributed by atoms with Gasteiger partial charge in [-0.15, -0.1) is 0 Å². The Morgan fingerprint density at radius 1 is 1.33 bits per heavy atom. The summed E-state index contributed by atoms with van der Waals surface area (Å²) in [5.41, 5.74) is 2.17. The van der Waals surface area contributed by atoms with Gasteiger partial charge < -0.3 is 15.4 Å². The second kappa shape index (κ2) is 6.93. The highest BCUT2D eigenvalue weighted by Gasteiger charge is 2.27. The van der Waals surface area contributed by atoms with Gasteiger partial charge in [0.05, 0.1) is 11.6 Å². The van der Waals surface area contributed by atoms with Gasteiger partial charge in [-0.05, 0) is 36.8 Å². The average Bonchev–Trinajstić information content (AvgIpc) is 2.70. The molecule has 2 N–H and O–H groups in total. The Kier molecular flexibility index (Phi) is 4.71. The van der Waals surface area contributed by atoms with E-state index in [-0.39, 0.29) is 24.8 Å². The van der Waals surface area contributed by atoms with Crippen LogP contribution < -0.4 is 15.4 Å². The standard InChI is InChI=1S/C18H17ClN2O3/c1-11-6-7-13(19)9-15(11)20-17(22)8-12-10-24-16-5-3-2-4-14(16)21-18(12)23/h2-7,9,12H,8,10H2,1H3,(H,20,22)(H,21,23). The van der Waals surface area contributed by atoms with Crippen molar-refractivity contribution in [3.63, 3.8) is 0 Å². The Bertz CT molecular complexity index is 792. The number of anilines is 2. The van der Waals surface area contributed by atoms with Crippen LogP contribution in [-0.2, 0) is 9.59 Å². The van der Waals surface area contributed by atoms with E-state index in [2.05, 4.69) is 10.6 Å². The number of para-hydroxylation sites is 2.